The van der Waals surface area contributed by atoms with Gasteiger partial charge in [-0.2, -0.15) is 0 Å². The number of benzene rings is 1. The summed E-state index contributed by atoms with van der Waals surface area (Å²) in [6, 6.07) is 4.02. The Labute approximate surface area is 137 Å². The second-order valence-corrected chi connectivity index (χ2v) is 6.97. The predicted molar refractivity (Wildman–Crippen MR) is 87.3 cm³/mol. The average molecular weight is 326 g/mol. The summed E-state index contributed by atoms with van der Waals surface area (Å²) in [4.78, 5) is 2.16. The SMILES string of the molecule is COc1cc(CC2(Cl)CC3CCN2CC3)cc(OC)c1OC. The molecule has 0 radical (unpaired) electrons. The minimum atomic E-state index is -0.272. The second-order valence-electron chi connectivity index (χ2n) is 6.26. The van der Waals surface area contributed by atoms with Crippen LogP contribution >= 0.6 is 11.6 Å². The van der Waals surface area contributed by atoms with Gasteiger partial charge in [-0.3, -0.25) is 4.90 Å². The van der Waals surface area contributed by atoms with Gasteiger partial charge in [0.05, 0.1) is 21.3 Å². The molecule has 0 N–H and O–H groups in total. The summed E-state index contributed by atoms with van der Waals surface area (Å²) >= 11 is 6.98. The van der Waals surface area contributed by atoms with Crippen LogP contribution in [0.2, 0.25) is 0 Å². The summed E-state index contributed by atoms with van der Waals surface area (Å²) in [6.07, 6.45) is 4.42. The van der Waals surface area contributed by atoms with Crippen molar-refractivity contribution in [1.82, 2.24) is 4.90 Å². The van der Waals surface area contributed by atoms with Crippen molar-refractivity contribution in [3.63, 3.8) is 0 Å². The molecule has 3 saturated heterocycles. The van der Waals surface area contributed by atoms with Crippen molar-refractivity contribution < 1.29 is 14.2 Å². The zero-order valence-corrected chi connectivity index (χ0v) is 14.3. The number of alkyl halides is 1. The van der Waals surface area contributed by atoms with Crippen LogP contribution in [-0.2, 0) is 6.42 Å². The van der Waals surface area contributed by atoms with Gasteiger partial charge in [0.15, 0.2) is 11.5 Å². The van der Waals surface area contributed by atoms with E-state index in [0.717, 1.165) is 37.4 Å². The van der Waals surface area contributed by atoms with Gasteiger partial charge in [0.2, 0.25) is 5.75 Å². The molecule has 4 nitrogen and oxygen atoms in total. The van der Waals surface area contributed by atoms with Crippen LogP contribution in [0.25, 0.3) is 0 Å². The standard InChI is InChI=1S/C17H24ClNO3/c1-20-14-8-13(9-15(21-2)16(14)22-3)11-17(18)10-12-4-6-19(17)7-5-12/h8-9,12H,4-7,10-11H2,1-3H3. The maximum atomic E-state index is 6.98. The number of nitrogens with zero attached hydrogens (tertiary/aromatic N) is 1. The lowest BCUT2D eigenvalue weighted by Gasteiger charge is -2.51. The molecule has 1 atom stereocenters. The Morgan fingerprint density at radius 1 is 1.09 bits per heavy atom. The fourth-order valence-electron chi connectivity index (χ4n) is 3.84. The van der Waals surface area contributed by atoms with E-state index in [4.69, 9.17) is 25.8 Å². The molecule has 4 rings (SSSR count). The van der Waals surface area contributed by atoms with Gasteiger partial charge in [-0.25, -0.2) is 0 Å². The van der Waals surface area contributed by atoms with Crippen LogP contribution in [0.15, 0.2) is 12.1 Å². The van der Waals surface area contributed by atoms with Crippen LogP contribution in [0.5, 0.6) is 17.2 Å². The van der Waals surface area contributed by atoms with Gasteiger partial charge in [0.1, 0.15) is 5.00 Å². The average Bonchev–Trinajstić information content (AvgIpc) is 2.54. The fourth-order valence-corrected chi connectivity index (χ4v) is 4.39. The molecule has 0 spiro atoms. The lowest BCUT2D eigenvalue weighted by Crippen LogP contribution is -2.56. The molecule has 0 amide bonds. The quantitative estimate of drug-likeness (QED) is 0.614. The third-order valence-electron chi connectivity index (χ3n) is 4.98. The third-order valence-corrected chi connectivity index (χ3v) is 5.51. The molecule has 0 aromatic heterocycles. The van der Waals surface area contributed by atoms with E-state index in [-0.39, 0.29) is 5.00 Å². The van der Waals surface area contributed by atoms with E-state index in [1.165, 1.54) is 12.8 Å². The van der Waals surface area contributed by atoms with Crippen LogP contribution in [0, 0.1) is 5.92 Å². The number of fused-ring (bicyclic) bond motifs is 3. The summed E-state index contributed by atoms with van der Waals surface area (Å²) < 4.78 is 16.3. The molecule has 22 heavy (non-hydrogen) atoms. The molecule has 3 heterocycles. The summed E-state index contributed by atoms with van der Waals surface area (Å²) in [5.41, 5.74) is 1.12. The molecular weight excluding hydrogens is 302 g/mol. The zero-order valence-electron chi connectivity index (χ0n) is 13.5. The molecular formula is C17H24ClNO3. The van der Waals surface area contributed by atoms with Crippen LogP contribution in [0.4, 0.5) is 0 Å². The number of ether oxygens (including phenoxy) is 3. The van der Waals surface area contributed by atoms with Crippen LogP contribution in [-0.4, -0.2) is 44.3 Å². The number of hydrogen-bond donors (Lipinski definition) is 0. The van der Waals surface area contributed by atoms with Gasteiger partial charge < -0.3 is 14.2 Å². The van der Waals surface area contributed by atoms with E-state index in [2.05, 4.69) is 4.90 Å². The van der Waals surface area contributed by atoms with Crippen molar-refractivity contribution in [3.8, 4) is 17.2 Å². The maximum Gasteiger partial charge on any atom is 0.203 e. The highest BCUT2D eigenvalue weighted by molar-refractivity contribution is 6.23. The number of methoxy groups -OCH3 is 3. The van der Waals surface area contributed by atoms with Gasteiger partial charge >= 0.3 is 0 Å². The van der Waals surface area contributed by atoms with E-state index in [1.54, 1.807) is 21.3 Å². The second kappa shape index (κ2) is 6.17. The van der Waals surface area contributed by atoms with Crippen molar-refractivity contribution >= 4 is 11.6 Å². The Balaban J connectivity index is 1.89. The molecule has 1 aromatic rings. The van der Waals surface area contributed by atoms with Crippen molar-refractivity contribution in [1.29, 1.82) is 0 Å². The summed E-state index contributed by atoms with van der Waals surface area (Å²) in [6.45, 7) is 2.22. The highest BCUT2D eigenvalue weighted by atomic mass is 35.5. The summed E-state index contributed by atoms with van der Waals surface area (Å²) in [5.74, 6) is 2.77. The van der Waals surface area contributed by atoms with Gasteiger partial charge in [-0.05, 0) is 42.9 Å². The first-order chi connectivity index (χ1) is 10.6. The van der Waals surface area contributed by atoms with Crippen LogP contribution in [0.3, 0.4) is 0 Å². The van der Waals surface area contributed by atoms with Crippen LogP contribution in [0.1, 0.15) is 24.8 Å². The molecule has 0 aliphatic carbocycles. The van der Waals surface area contributed by atoms with Crippen LogP contribution < -0.4 is 14.2 Å². The molecule has 3 aliphatic heterocycles. The first kappa shape index (κ1) is 15.8. The molecule has 0 saturated carbocycles. The topological polar surface area (TPSA) is 30.9 Å². The lowest BCUT2D eigenvalue weighted by atomic mass is 9.80. The van der Waals surface area contributed by atoms with Gasteiger partial charge in [-0.15, -0.1) is 11.6 Å². The molecule has 1 aromatic carbocycles. The van der Waals surface area contributed by atoms with E-state index >= 15 is 0 Å². The smallest absolute Gasteiger partial charge is 0.203 e. The van der Waals surface area contributed by atoms with Gasteiger partial charge in [-0.1, -0.05) is 0 Å². The highest BCUT2D eigenvalue weighted by Gasteiger charge is 2.44. The lowest BCUT2D eigenvalue weighted by molar-refractivity contribution is 0.0232. The minimum absolute atomic E-state index is 0.272. The summed E-state index contributed by atoms with van der Waals surface area (Å²) in [5, 5.41) is 0. The molecule has 122 valence electrons. The number of piperidine rings is 3. The third kappa shape index (κ3) is 2.74. The van der Waals surface area contributed by atoms with E-state index in [9.17, 15) is 0 Å². The Hall–Kier alpha value is -1.13. The molecule has 1 unspecified atom stereocenters. The number of hydrogen-bond acceptors (Lipinski definition) is 4. The monoisotopic (exact) mass is 325 g/mol. The van der Waals surface area contributed by atoms with Crippen molar-refractivity contribution in [2.24, 2.45) is 5.92 Å². The Kier molecular flexibility index (Phi) is 4.42. The first-order valence-electron chi connectivity index (χ1n) is 7.82. The van der Waals surface area contributed by atoms with Crippen molar-refractivity contribution in [2.45, 2.75) is 30.7 Å². The molecule has 3 fully saturated rings. The van der Waals surface area contributed by atoms with Gasteiger partial charge in [0, 0.05) is 19.5 Å². The normalized spacial score (nSPS) is 30.2. The molecule has 2 bridgehead atoms. The molecule has 3 aliphatic rings. The van der Waals surface area contributed by atoms with E-state index < -0.39 is 0 Å². The Morgan fingerprint density at radius 3 is 2.09 bits per heavy atom. The largest absolute Gasteiger partial charge is 0.493 e. The number of rotatable bonds is 5. The number of halogens is 1. The Bertz CT molecular complexity index is 518. The fraction of sp³-hybridized carbons (Fsp3) is 0.647. The molecule has 5 heteroatoms. The van der Waals surface area contributed by atoms with Gasteiger partial charge in [0.25, 0.3) is 0 Å². The van der Waals surface area contributed by atoms with Crippen molar-refractivity contribution in [3.05, 3.63) is 17.7 Å². The minimum Gasteiger partial charge on any atom is -0.493 e. The zero-order chi connectivity index (χ0) is 15.7. The first-order valence-corrected chi connectivity index (χ1v) is 8.20. The highest BCUT2D eigenvalue weighted by Crippen LogP contribution is 2.45. The Morgan fingerprint density at radius 2 is 1.68 bits per heavy atom. The van der Waals surface area contributed by atoms with E-state index in [1.807, 2.05) is 12.1 Å². The van der Waals surface area contributed by atoms with Crippen molar-refractivity contribution in [2.75, 3.05) is 34.4 Å². The maximum absolute atomic E-state index is 6.98. The van der Waals surface area contributed by atoms with E-state index in [0.29, 0.717) is 17.2 Å². The summed E-state index contributed by atoms with van der Waals surface area (Å²) in [7, 11) is 4.90. The predicted octanol–water partition coefficient (Wildman–Crippen LogP) is 3.31.